The van der Waals surface area contributed by atoms with Crippen LogP contribution in [0.25, 0.3) is 0 Å². The lowest BCUT2D eigenvalue weighted by atomic mass is 10.0. The number of carbonyl (C=O) groups is 3. The Labute approximate surface area is 66.9 Å². The first-order valence-electron chi connectivity index (χ1n) is 3.12. The Morgan fingerprint density at radius 2 is 2.08 bits per heavy atom. The zero-order valence-corrected chi connectivity index (χ0v) is 5.90. The highest BCUT2D eigenvalue weighted by Crippen LogP contribution is 2.03. The van der Waals surface area contributed by atoms with Gasteiger partial charge in [0.05, 0.1) is 0 Å². The number of carboxylic acids is 1. The van der Waals surface area contributed by atoms with E-state index >= 15 is 0 Å². The Kier molecular flexibility index (Phi) is 1.96. The summed E-state index contributed by atoms with van der Waals surface area (Å²) < 4.78 is 0. The Balaban J connectivity index is 2.80. The largest absolute Gasteiger partial charge is 0.481 e. The van der Waals surface area contributed by atoms with Crippen LogP contribution in [0.5, 0.6) is 0 Å². The van der Waals surface area contributed by atoms with E-state index in [1.54, 1.807) is 5.32 Å². The number of hydrogen-bond acceptors (Lipinski definition) is 4. The van der Waals surface area contributed by atoms with Crippen molar-refractivity contribution in [2.24, 2.45) is 11.7 Å². The molecule has 0 spiro atoms. The standard InChI is InChI=1S/C5H7N3O4/c6-2-1(4(10)11)3(9)8-5(12)7-2/h1-2H,6H2,(H,10,11)(H2,7,8,9,12). The van der Waals surface area contributed by atoms with Crippen molar-refractivity contribution in [2.45, 2.75) is 6.17 Å². The highest BCUT2D eigenvalue weighted by atomic mass is 16.4. The molecule has 0 aliphatic carbocycles. The second-order valence-electron chi connectivity index (χ2n) is 2.30. The number of urea groups is 1. The lowest BCUT2D eigenvalue weighted by Crippen LogP contribution is -2.63. The third-order valence-corrected chi connectivity index (χ3v) is 1.44. The van der Waals surface area contributed by atoms with Crippen molar-refractivity contribution < 1.29 is 19.5 Å². The van der Waals surface area contributed by atoms with Crippen LogP contribution in [-0.2, 0) is 9.59 Å². The van der Waals surface area contributed by atoms with Gasteiger partial charge >= 0.3 is 12.0 Å². The van der Waals surface area contributed by atoms with E-state index in [2.05, 4.69) is 5.32 Å². The molecular weight excluding hydrogens is 166 g/mol. The zero-order chi connectivity index (χ0) is 9.30. The van der Waals surface area contributed by atoms with Crippen molar-refractivity contribution in [1.29, 1.82) is 0 Å². The van der Waals surface area contributed by atoms with E-state index in [1.165, 1.54) is 0 Å². The summed E-state index contributed by atoms with van der Waals surface area (Å²) in [4.78, 5) is 31.7. The van der Waals surface area contributed by atoms with Crippen LogP contribution in [0.3, 0.4) is 0 Å². The van der Waals surface area contributed by atoms with Crippen LogP contribution in [0.2, 0.25) is 0 Å². The van der Waals surface area contributed by atoms with E-state index in [0.29, 0.717) is 0 Å². The topological polar surface area (TPSA) is 122 Å². The fourth-order valence-corrected chi connectivity index (χ4v) is 0.889. The number of nitrogens with one attached hydrogen (secondary N) is 2. The highest BCUT2D eigenvalue weighted by Gasteiger charge is 2.38. The summed E-state index contributed by atoms with van der Waals surface area (Å²) >= 11 is 0. The molecule has 0 aromatic heterocycles. The molecule has 5 N–H and O–H groups in total. The van der Waals surface area contributed by atoms with Crippen molar-refractivity contribution in [1.82, 2.24) is 10.6 Å². The van der Waals surface area contributed by atoms with Gasteiger partial charge in [0.25, 0.3) is 0 Å². The average Bonchev–Trinajstić information content (AvgIpc) is 1.82. The molecule has 0 radical (unpaired) electrons. The number of imide groups is 1. The monoisotopic (exact) mass is 173 g/mol. The second-order valence-corrected chi connectivity index (χ2v) is 2.30. The number of hydrogen-bond donors (Lipinski definition) is 4. The summed E-state index contributed by atoms with van der Waals surface area (Å²) in [5.41, 5.74) is 5.19. The maximum Gasteiger partial charge on any atom is 0.322 e. The summed E-state index contributed by atoms with van der Waals surface area (Å²) in [5.74, 6) is -3.67. The Bertz CT molecular complexity index is 251. The van der Waals surface area contributed by atoms with Gasteiger partial charge in [0, 0.05) is 0 Å². The predicted molar refractivity (Wildman–Crippen MR) is 35.8 cm³/mol. The number of nitrogens with two attached hydrogens (primary N) is 1. The average molecular weight is 173 g/mol. The molecule has 0 aromatic carbocycles. The molecule has 2 atom stereocenters. The van der Waals surface area contributed by atoms with E-state index in [1.807, 2.05) is 0 Å². The minimum Gasteiger partial charge on any atom is -0.481 e. The normalized spacial score (nSPS) is 29.1. The van der Waals surface area contributed by atoms with Crippen molar-refractivity contribution in [3.8, 4) is 0 Å². The zero-order valence-electron chi connectivity index (χ0n) is 5.90. The van der Waals surface area contributed by atoms with Gasteiger partial charge in [-0.25, -0.2) is 4.79 Å². The highest BCUT2D eigenvalue weighted by molar-refractivity contribution is 6.07. The fourth-order valence-electron chi connectivity index (χ4n) is 0.889. The van der Waals surface area contributed by atoms with Gasteiger partial charge in [-0.2, -0.15) is 0 Å². The molecule has 7 nitrogen and oxygen atoms in total. The van der Waals surface area contributed by atoms with Gasteiger partial charge in [-0.3, -0.25) is 14.9 Å². The number of rotatable bonds is 1. The van der Waals surface area contributed by atoms with Crippen LogP contribution < -0.4 is 16.4 Å². The quantitative estimate of drug-likeness (QED) is 0.335. The third kappa shape index (κ3) is 1.35. The molecule has 1 aliphatic rings. The smallest absolute Gasteiger partial charge is 0.322 e. The van der Waals surface area contributed by atoms with Crippen LogP contribution in [0.4, 0.5) is 4.79 Å². The number of carboxylic acid groups (broad SMARTS) is 1. The van der Waals surface area contributed by atoms with Crippen molar-refractivity contribution >= 4 is 17.9 Å². The van der Waals surface area contributed by atoms with Crippen molar-refractivity contribution in [3.05, 3.63) is 0 Å². The Hall–Kier alpha value is -1.63. The molecule has 1 rings (SSSR count). The third-order valence-electron chi connectivity index (χ3n) is 1.44. The van der Waals surface area contributed by atoms with E-state index in [9.17, 15) is 14.4 Å². The molecule has 7 heteroatoms. The number of carbonyl (C=O) groups excluding carboxylic acids is 2. The SMILES string of the molecule is NC1NC(=O)NC(=O)C1C(=O)O. The first-order valence-corrected chi connectivity index (χ1v) is 3.12. The van der Waals surface area contributed by atoms with Crippen molar-refractivity contribution in [3.63, 3.8) is 0 Å². The number of aliphatic carboxylic acids is 1. The lowest BCUT2D eigenvalue weighted by Gasteiger charge is -2.25. The van der Waals surface area contributed by atoms with Gasteiger partial charge in [-0.1, -0.05) is 0 Å². The molecule has 0 bridgehead atoms. The summed E-state index contributed by atoms with van der Waals surface area (Å²) in [7, 11) is 0. The summed E-state index contributed by atoms with van der Waals surface area (Å²) in [6.45, 7) is 0. The van der Waals surface area contributed by atoms with Gasteiger partial charge in [-0.15, -0.1) is 0 Å². The minimum absolute atomic E-state index is 0.773. The lowest BCUT2D eigenvalue weighted by molar-refractivity contribution is -0.148. The number of amides is 3. The second kappa shape index (κ2) is 2.78. The maximum atomic E-state index is 10.8. The van der Waals surface area contributed by atoms with Gasteiger partial charge in [0.1, 0.15) is 6.17 Å². The summed E-state index contributed by atoms with van der Waals surface area (Å²) in [6.07, 6.45) is -1.16. The molecule has 1 saturated heterocycles. The van der Waals surface area contributed by atoms with Crippen LogP contribution in [0, 0.1) is 5.92 Å². The summed E-state index contributed by atoms with van der Waals surface area (Å²) in [6, 6.07) is -0.773. The van der Waals surface area contributed by atoms with Gasteiger partial charge in [0.15, 0.2) is 5.92 Å². The Morgan fingerprint density at radius 3 is 2.50 bits per heavy atom. The molecule has 3 amide bonds. The van der Waals surface area contributed by atoms with Gasteiger partial charge in [-0.05, 0) is 0 Å². The molecule has 0 aromatic rings. The molecular formula is C5H7N3O4. The molecule has 1 heterocycles. The minimum atomic E-state index is -1.41. The predicted octanol–water partition coefficient (Wildman–Crippen LogP) is -2.19. The van der Waals surface area contributed by atoms with E-state index in [-0.39, 0.29) is 0 Å². The first kappa shape index (κ1) is 8.47. The van der Waals surface area contributed by atoms with Crippen LogP contribution in [-0.4, -0.2) is 29.2 Å². The first-order chi connectivity index (χ1) is 5.52. The van der Waals surface area contributed by atoms with E-state index in [4.69, 9.17) is 10.8 Å². The van der Waals surface area contributed by atoms with Crippen LogP contribution in [0.15, 0.2) is 0 Å². The molecule has 12 heavy (non-hydrogen) atoms. The summed E-state index contributed by atoms with van der Waals surface area (Å²) in [5, 5.41) is 12.3. The molecule has 0 saturated carbocycles. The van der Waals surface area contributed by atoms with Gasteiger partial charge < -0.3 is 16.2 Å². The van der Waals surface area contributed by atoms with Gasteiger partial charge in [0.2, 0.25) is 5.91 Å². The van der Waals surface area contributed by atoms with Crippen LogP contribution >= 0.6 is 0 Å². The molecule has 66 valence electrons. The van der Waals surface area contributed by atoms with E-state index < -0.39 is 30.0 Å². The van der Waals surface area contributed by atoms with E-state index in [0.717, 1.165) is 0 Å². The van der Waals surface area contributed by atoms with Crippen LogP contribution in [0.1, 0.15) is 0 Å². The fraction of sp³-hybridized carbons (Fsp3) is 0.400. The Morgan fingerprint density at radius 1 is 1.50 bits per heavy atom. The maximum absolute atomic E-state index is 10.8. The molecule has 2 unspecified atom stereocenters. The van der Waals surface area contributed by atoms with Crippen molar-refractivity contribution in [2.75, 3.05) is 0 Å². The molecule has 1 fully saturated rings. The molecule has 1 aliphatic heterocycles.